The second kappa shape index (κ2) is 8.62. The minimum absolute atomic E-state index is 0.458. The summed E-state index contributed by atoms with van der Waals surface area (Å²) in [7, 11) is 0. The molecule has 5 heteroatoms. The molecular weight excluding hydrogens is 334 g/mol. The third-order valence-corrected chi connectivity index (χ3v) is 4.91. The average molecular weight is 359 g/mol. The van der Waals surface area contributed by atoms with E-state index in [1.807, 2.05) is 42.5 Å². The number of aromatic nitrogens is 3. The smallest absolute Gasteiger partial charge is 0.225 e. The van der Waals surface area contributed by atoms with Crippen molar-refractivity contribution in [1.29, 1.82) is 0 Å². The molecule has 2 N–H and O–H groups in total. The van der Waals surface area contributed by atoms with Gasteiger partial charge in [0.25, 0.3) is 0 Å². The Bertz CT molecular complexity index is 845. The highest BCUT2D eigenvalue weighted by Gasteiger charge is 2.15. The SMILES string of the molecule is c1ccc(CNc2cc(-c3ccccn3)nc(NC3CCCCC3)n2)cc1. The van der Waals surface area contributed by atoms with Crippen LogP contribution in [0.4, 0.5) is 11.8 Å². The largest absolute Gasteiger partial charge is 0.366 e. The zero-order valence-electron chi connectivity index (χ0n) is 15.4. The van der Waals surface area contributed by atoms with E-state index in [2.05, 4.69) is 27.8 Å². The molecule has 1 aliphatic carbocycles. The summed E-state index contributed by atoms with van der Waals surface area (Å²) in [6.07, 6.45) is 8.04. The summed E-state index contributed by atoms with van der Waals surface area (Å²) in [5.74, 6) is 1.49. The van der Waals surface area contributed by atoms with Crippen LogP contribution in [-0.2, 0) is 6.54 Å². The van der Waals surface area contributed by atoms with Crippen LogP contribution in [0.5, 0.6) is 0 Å². The van der Waals surface area contributed by atoms with Crippen molar-refractivity contribution >= 4 is 11.8 Å². The topological polar surface area (TPSA) is 62.7 Å². The number of pyridine rings is 1. The second-order valence-electron chi connectivity index (χ2n) is 7.00. The lowest BCUT2D eigenvalue weighted by Gasteiger charge is -2.23. The lowest BCUT2D eigenvalue weighted by molar-refractivity contribution is 0.461. The van der Waals surface area contributed by atoms with Gasteiger partial charge in [-0.25, -0.2) is 4.98 Å². The van der Waals surface area contributed by atoms with E-state index in [0.717, 1.165) is 23.8 Å². The van der Waals surface area contributed by atoms with Crippen LogP contribution in [0.25, 0.3) is 11.4 Å². The second-order valence-corrected chi connectivity index (χ2v) is 7.00. The third-order valence-electron chi connectivity index (χ3n) is 4.91. The van der Waals surface area contributed by atoms with Gasteiger partial charge in [-0.2, -0.15) is 4.98 Å². The molecule has 0 aliphatic heterocycles. The van der Waals surface area contributed by atoms with Crippen molar-refractivity contribution in [1.82, 2.24) is 15.0 Å². The van der Waals surface area contributed by atoms with Gasteiger partial charge in [-0.15, -0.1) is 0 Å². The number of hydrogen-bond donors (Lipinski definition) is 2. The molecule has 0 saturated heterocycles. The molecule has 2 heterocycles. The molecule has 1 aromatic carbocycles. The minimum atomic E-state index is 0.458. The highest BCUT2D eigenvalue weighted by atomic mass is 15.2. The Hall–Kier alpha value is -2.95. The summed E-state index contributed by atoms with van der Waals surface area (Å²) >= 11 is 0. The fourth-order valence-electron chi connectivity index (χ4n) is 3.47. The summed E-state index contributed by atoms with van der Waals surface area (Å²) < 4.78 is 0. The Labute approximate surface area is 160 Å². The predicted octanol–water partition coefficient (Wildman–Crippen LogP) is 4.90. The molecule has 0 radical (unpaired) electrons. The zero-order valence-corrected chi connectivity index (χ0v) is 15.4. The number of benzene rings is 1. The number of rotatable bonds is 6. The van der Waals surface area contributed by atoms with E-state index in [1.165, 1.54) is 37.7 Å². The van der Waals surface area contributed by atoms with Crippen molar-refractivity contribution in [2.24, 2.45) is 0 Å². The van der Waals surface area contributed by atoms with Crippen LogP contribution in [0.2, 0.25) is 0 Å². The average Bonchev–Trinajstić information content (AvgIpc) is 2.74. The molecule has 27 heavy (non-hydrogen) atoms. The van der Waals surface area contributed by atoms with Crippen LogP contribution in [-0.4, -0.2) is 21.0 Å². The quantitative estimate of drug-likeness (QED) is 0.656. The normalized spacial score (nSPS) is 14.7. The molecular formula is C22H25N5. The highest BCUT2D eigenvalue weighted by Crippen LogP contribution is 2.24. The molecule has 0 unspecified atom stereocenters. The van der Waals surface area contributed by atoms with Crippen LogP contribution in [0.1, 0.15) is 37.7 Å². The highest BCUT2D eigenvalue weighted by molar-refractivity contribution is 5.61. The van der Waals surface area contributed by atoms with Crippen molar-refractivity contribution in [2.75, 3.05) is 10.6 Å². The Morgan fingerprint density at radius 1 is 0.852 bits per heavy atom. The van der Waals surface area contributed by atoms with Crippen molar-refractivity contribution in [2.45, 2.75) is 44.7 Å². The van der Waals surface area contributed by atoms with Crippen molar-refractivity contribution < 1.29 is 0 Å². The first-order valence-electron chi connectivity index (χ1n) is 9.72. The maximum atomic E-state index is 4.73. The fraction of sp³-hybridized carbons (Fsp3) is 0.318. The number of hydrogen-bond acceptors (Lipinski definition) is 5. The van der Waals surface area contributed by atoms with Crippen LogP contribution in [0.15, 0.2) is 60.8 Å². The Morgan fingerprint density at radius 3 is 2.44 bits per heavy atom. The lowest BCUT2D eigenvalue weighted by atomic mass is 9.96. The van der Waals surface area contributed by atoms with Gasteiger partial charge in [-0.1, -0.05) is 55.7 Å². The summed E-state index contributed by atoms with van der Waals surface area (Å²) in [4.78, 5) is 13.9. The molecule has 138 valence electrons. The Kier molecular flexibility index (Phi) is 5.58. The fourth-order valence-corrected chi connectivity index (χ4v) is 3.47. The van der Waals surface area contributed by atoms with Crippen LogP contribution >= 0.6 is 0 Å². The summed E-state index contributed by atoms with van der Waals surface area (Å²) in [5.41, 5.74) is 2.91. The molecule has 4 rings (SSSR count). The molecule has 1 fully saturated rings. The first-order valence-corrected chi connectivity index (χ1v) is 9.72. The molecule has 0 amide bonds. The van der Waals surface area contributed by atoms with Crippen LogP contribution in [0.3, 0.4) is 0 Å². The molecule has 0 spiro atoms. The molecule has 2 aromatic heterocycles. The van der Waals surface area contributed by atoms with Gasteiger partial charge in [0.15, 0.2) is 0 Å². The van der Waals surface area contributed by atoms with Crippen LogP contribution in [0, 0.1) is 0 Å². The van der Waals surface area contributed by atoms with Gasteiger partial charge in [-0.3, -0.25) is 4.98 Å². The van der Waals surface area contributed by atoms with Gasteiger partial charge in [0.2, 0.25) is 5.95 Å². The van der Waals surface area contributed by atoms with Gasteiger partial charge >= 0.3 is 0 Å². The monoisotopic (exact) mass is 359 g/mol. The Morgan fingerprint density at radius 2 is 1.67 bits per heavy atom. The van der Waals surface area contributed by atoms with E-state index < -0.39 is 0 Å². The third kappa shape index (κ3) is 4.82. The van der Waals surface area contributed by atoms with Gasteiger partial charge < -0.3 is 10.6 Å². The van der Waals surface area contributed by atoms with E-state index in [9.17, 15) is 0 Å². The molecule has 1 saturated carbocycles. The zero-order chi connectivity index (χ0) is 18.3. The maximum Gasteiger partial charge on any atom is 0.225 e. The number of nitrogens with one attached hydrogen (secondary N) is 2. The maximum absolute atomic E-state index is 4.73. The summed E-state index contributed by atoms with van der Waals surface area (Å²) in [5, 5.41) is 6.97. The summed E-state index contributed by atoms with van der Waals surface area (Å²) in [6.45, 7) is 0.725. The first kappa shape index (κ1) is 17.5. The molecule has 3 aromatic rings. The van der Waals surface area contributed by atoms with E-state index in [4.69, 9.17) is 9.97 Å². The standard InChI is InChI=1S/C22H25N5/c1-3-9-17(10-4-1)16-24-21-15-20(19-13-7-8-14-23-19)26-22(27-21)25-18-11-5-2-6-12-18/h1,3-4,7-10,13-15,18H,2,5-6,11-12,16H2,(H2,24,25,26,27). The van der Waals surface area contributed by atoms with Gasteiger partial charge in [0.1, 0.15) is 5.82 Å². The van der Waals surface area contributed by atoms with Gasteiger partial charge in [0.05, 0.1) is 11.4 Å². The summed E-state index contributed by atoms with van der Waals surface area (Å²) in [6, 6.07) is 18.6. The van der Waals surface area contributed by atoms with Gasteiger partial charge in [-0.05, 0) is 30.5 Å². The van der Waals surface area contributed by atoms with E-state index in [1.54, 1.807) is 6.20 Å². The number of nitrogens with zero attached hydrogens (tertiary/aromatic N) is 3. The van der Waals surface area contributed by atoms with Gasteiger partial charge in [0, 0.05) is 24.8 Å². The van der Waals surface area contributed by atoms with E-state index >= 15 is 0 Å². The molecule has 0 atom stereocenters. The Balaban J connectivity index is 1.57. The molecule has 1 aliphatic rings. The van der Waals surface area contributed by atoms with Crippen LogP contribution < -0.4 is 10.6 Å². The molecule has 0 bridgehead atoms. The first-order chi connectivity index (χ1) is 13.4. The van der Waals surface area contributed by atoms with E-state index in [-0.39, 0.29) is 0 Å². The van der Waals surface area contributed by atoms with Crippen molar-refractivity contribution in [3.05, 3.63) is 66.4 Å². The predicted molar refractivity (Wildman–Crippen MR) is 110 cm³/mol. The van der Waals surface area contributed by atoms with Crippen molar-refractivity contribution in [3.63, 3.8) is 0 Å². The van der Waals surface area contributed by atoms with E-state index in [0.29, 0.717) is 12.0 Å². The lowest BCUT2D eigenvalue weighted by Crippen LogP contribution is -2.23. The van der Waals surface area contributed by atoms with Crippen molar-refractivity contribution in [3.8, 4) is 11.4 Å². The molecule has 5 nitrogen and oxygen atoms in total. The number of anilines is 2. The minimum Gasteiger partial charge on any atom is -0.366 e.